The van der Waals surface area contributed by atoms with Crippen molar-refractivity contribution in [3.05, 3.63) is 65.1 Å². The number of fused-ring (bicyclic) bond motifs is 1. The topological polar surface area (TPSA) is 47.2 Å². The van der Waals surface area contributed by atoms with Crippen molar-refractivity contribution in [3.8, 4) is 0 Å². The molecule has 0 aliphatic rings. The Morgan fingerprint density at radius 1 is 1.05 bits per heavy atom. The summed E-state index contributed by atoms with van der Waals surface area (Å²) in [6, 6.07) is 16.6. The van der Waals surface area contributed by atoms with Gasteiger partial charge in [-0.15, -0.1) is 0 Å². The van der Waals surface area contributed by atoms with E-state index in [9.17, 15) is 4.79 Å². The average molecular weight is 270 g/mol. The maximum Gasteiger partial charge on any atom is 0.426 e. The van der Waals surface area contributed by atoms with Gasteiger partial charge < -0.3 is 9.73 Å². The smallest absolute Gasteiger partial charge is 0.407 e. The second-order valence-corrected chi connectivity index (χ2v) is 4.35. The second-order valence-electron chi connectivity index (χ2n) is 3.97. The number of nitrogens with zero attached hydrogens (tertiary/aromatic N) is 1. The molecule has 0 aliphatic carbocycles. The fourth-order valence-corrected chi connectivity index (χ4v) is 2.15. The number of nitrogens with one attached hydrogen (secondary N) is 1. The highest BCUT2D eigenvalue weighted by atomic mass is 32.1. The van der Waals surface area contributed by atoms with Crippen molar-refractivity contribution in [1.82, 2.24) is 4.57 Å². The number of para-hydroxylation sites is 3. The van der Waals surface area contributed by atoms with Gasteiger partial charge >= 0.3 is 5.76 Å². The molecule has 0 fully saturated rings. The van der Waals surface area contributed by atoms with Gasteiger partial charge in [-0.2, -0.15) is 0 Å². The summed E-state index contributed by atoms with van der Waals surface area (Å²) < 4.78 is 6.48. The minimum absolute atomic E-state index is 0.293. The molecule has 4 nitrogen and oxygen atoms in total. The maximum atomic E-state index is 11.8. The van der Waals surface area contributed by atoms with E-state index in [0.717, 1.165) is 5.69 Å². The number of rotatable bonds is 1. The number of thiocarbonyl (C=S) groups is 1. The molecule has 0 saturated heterocycles. The van der Waals surface area contributed by atoms with Crippen LogP contribution in [0.1, 0.15) is 0 Å². The van der Waals surface area contributed by atoms with Gasteiger partial charge in [-0.1, -0.05) is 30.3 Å². The molecule has 0 saturated carbocycles. The molecule has 0 spiro atoms. The van der Waals surface area contributed by atoms with Crippen molar-refractivity contribution in [2.75, 3.05) is 5.32 Å². The Kier molecular flexibility index (Phi) is 2.89. The summed E-state index contributed by atoms with van der Waals surface area (Å²) in [6.45, 7) is 0. The number of anilines is 1. The van der Waals surface area contributed by atoms with Crippen LogP contribution in [0.5, 0.6) is 0 Å². The molecule has 5 heteroatoms. The first-order valence-corrected chi connectivity index (χ1v) is 6.13. The van der Waals surface area contributed by atoms with E-state index in [2.05, 4.69) is 5.32 Å². The zero-order chi connectivity index (χ0) is 13.2. The van der Waals surface area contributed by atoms with Crippen LogP contribution in [0.4, 0.5) is 5.69 Å². The first-order chi connectivity index (χ1) is 9.25. The normalized spacial score (nSPS) is 10.5. The Morgan fingerprint density at radius 3 is 2.53 bits per heavy atom. The van der Waals surface area contributed by atoms with Crippen molar-refractivity contribution in [3.63, 3.8) is 0 Å². The molecular weight excluding hydrogens is 260 g/mol. The number of oxazole rings is 1. The van der Waals surface area contributed by atoms with E-state index in [1.54, 1.807) is 12.1 Å². The number of benzene rings is 2. The Balaban J connectivity index is 2.03. The van der Waals surface area contributed by atoms with E-state index in [1.807, 2.05) is 42.5 Å². The zero-order valence-corrected chi connectivity index (χ0v) is 10.7. The highest BCUT2D eigenvalue weighted by Gasteiger charge is 2.12. The molecule has 0 atom stereocenters. The molecule has 0 bridgehead atoms. The summed E-state index contributed by atoms with van der Waals surface area (Å²) in [7, 11) is 0. The monoisotopic (exact) mass is 270 g/mol. The van der Waals surface area contributed by atoms with E-state index in [0.29, 0.717) is 16.2 Å². The molecular formula is C14H10N2O2S. The molecule has 0 unspecified atom stereocenters. The lowest BCUT2D eigenvalue weighted by Gasteiger charge is -2.07. The van der Waals surface area contributed by atoms with Gasteiger partial charge in [-0.25, -0.2) is 9.36 Å². The van der Waals surface area contributed by atoms with Crippen molar-refractivity contribution < 1.29 is 4.42 Å². The summed E-state index contributed by atoms with van der Waals surface area (Å²) in [5.74, 6) is -0.491. The third-order valence-electron chi connectivity index (χ3n) is 2.71. The van der Waals surface area contributed by atoms with Gasteiger partial charge in [0.25, 0.3) is 0 Å². The van der Waals surface area contributed by atoms with Gasteiger partial charge in [0.2, 0.25) is 0 Å². The van der Waals surface area contributed by atoms with Crippen LogP contribution in [-0.4, -0.2) is 9.68 Å². The molecule has 0 amide bonds. The van der Waals surface area contributed by atoms with E-state index >= 15 is 0 Å². The van der Waals surface area contributed by atoms with Gasteiger partial charge in [0.1, 0.15) is 0 Å². The lowest BCUT2D eigenvalue weighted by Crippen LogP contribution is -2.27. The predicted molar refractivity (Wildman–Crippen MR) is 78.5 cm³/mol. The lowest BCUT2D eigenvalue weighted by molar-refractivity contribution is 0.545. The van der Waals surface area contributed by atoms with E-state index in [4.69, 9.17) is 16.6 Å². The summed E-state index contributed by atoms with van der Waals surface area (Å²) in [4.78, 5) is 11.8. The van der Waals surface area contributed by atoms with E-state index in [1.165, 1.54) is 4.57 Å². The highest BCUT2D eigenvalue weighted by molar-refractivity contribution is 7.80. The quantitative estimate of drug-likeness (QED) is 0.691. The first-order valence-electron chi connectivity index (χ1n) is 5.73. The van der Waals surface area contributed by atoms with Crippen molar-refractivity contribution in [2.24, 2.45) is 0 Å². The SMILES string of the molecule is O=c1oc2ccccc2n1C(=S)Nc1ccccc1. The molecule has 1 heterocycles. The standard InChI is InChI=1S/C14H10N2O2S/c17-14-16(11-8-4-5-9-12(11)18-14)13(19)15-10-6-2-1-3-7-10/h1-9H,(H,15,19). The predicted octanol–water partition coefficient (Wildman–Crippen LogP) is 2.84. The van der Waals surface area contributed by atoms with Crippen LogP contribution in [0.15, 0.2) is 63.8 Å². The van der Waals surface area contributed by atoms with E-state index in [-0.39, 0.29) is 0 Å². The van der Waals surface area contributed by atoms with Crippen LogP contribution < -0.4 is 11.1 Å². The molecule has 0 radical (unpaired) electrons. The third-order valence-corrected chi connectivity index (χ3v) is 3.00. The van der Waals surface area contributed by atoms with Gasteiger partial charge in [-0.3, -0.25) is 0 Å². The zero-order valence-electron chi connectivity index (χ0n) is 9.87. The third kappa shape index (κ3) is 2.15. The molecule has 1 aromatic heterocycles. The Hall–Kier alpha value is -2.40. The number of hydrogen-bond acceptors (Lipinski definition) is 3. The summed E-state index contributed by atoms with van der Waals surface area (Å²) in [6.07, 6.45) is 0. The van der Waals surface area contributed by atoms with Crippen molar-refractivity contribution in [1.29, 1.82) is 0 Å². The Bertz CT molecular complexity index is 790. The van der Waals surface area contributed by atoms with Crippen LogP contribution in [0.2, 0.25) is 0 Å². The molecule has 94 valence electrons. The molecule has 3 aromatic rings. The lowest BCUT2D eigenvalue weighted by atomic mass is 10.3. The number of aromatic nitrogens is 1. The van der Waals surface area contributed by atoms with Gasteiger partial charge in [-0.05, 0) is 36.5 Å². The van der Waals surface area contributed by atoms with Crippen LogP contribution in [0.25, 0.3) is 11.1 Å². The minimum atomic E-state index is -0.491. The number of hydrogen-bond donors (Lipinski definition) is 1. The fourth-order valence-electron chi connectivity index (χ4n) is 1.86. The van der Waals surface area contributed by atoms with Gasteiger partial charge in [0, 0.05) is 5.69 Å². The van der Waals surface area contributed by atoms with Crippen molar-refractivity contribution in [2.45, 2.75) is 0 Å². The highest BCUT2D eigenvalue weighted by Crippen LogP contribution is 2.13. The summed E-state index contributed by atoms with van der Waals surface area (Å²) in [5, 5.41) is 3.30. The van der Waals surface area contributed by atoms with Gasteiger partial charge in [0.05, 0.1) is 5.52 Å². The van der Waals surface area contributed by atoms with Crippen LogP contribution >= 0.6 is 12.2 Å². The van der Waals surface area contributed by atoms with Crippen LogP contribution in [0, 0.1) is 0 Å². The Morgan fingerprint density at radius 2 is 1.74 bits per heavy atom. The van der Waals surface area contributed by atoms with Crippen LogP contribution in [0.3, 0.4) is 0 Å². The van der Waals surface area contributed by atoms with E-state index < -0.39 is 5.76 Å². The maximum absolute atomic E-state index is 11.8. The minimum Gasteiger partial charge on any atom is -0.407 e. The molecule has 3 rings (SSSR count). The average Bonchev–Trinajstić information content (AvgIpc) is 2.75. The van der Waals surface area contributed by atoms with Crippen molar-refractivity contribution >= 4 is 34.1 Å². The molecule has 1 N–H and O–H groups in total. The molecule has 0 aliphatic heterocycles. The summed E-state index contributed by atoms with van der Waals surface area (Å²) >= 11 is 5.26. The fraction of sp³-hybridized carbons (Fsp3) is 0. The Labute approximate surface area is 114 Å². The summed E-state index contributed by atoms with van der Waals surface area (Å²) in [5.41, 5.74) is 2.00. The molecule has 19 heavy (non-hydrogen) atoms. The first kappa shape index (κ1) is 11.7. The second kappa shape index (κ2) is 4.70. The molecule has 2 aromatic carbocycles. The van der Waals surface area contributed by atoms with Crippen LogP contribution in [-0.2, 0) is 0 Å². The largest absolute Gasteiger partial charge is 0.426 e. The van der Waals surface area contributed by atoms with Gasteiger partial charge in [0.15, 0.2) is 10.7 Å².